The number of aromatic nitrogens is 1. The van der Waals surface area contributed by atoms with Crippen LogP contribution in [0.2, 0.25) is 0 Å². The Morgan fingerprint density at radius 1 is 1.23 bits per heavy atom. The maximum atomic E-state index is 12.9. The molecule has 0 unspecified atom stereocenters. The second-order valence-electron chi connectivity index (χ2n) is 6.12. The summed E-state index contributed by atoms with van der Waals surface area (Å²) in [5, 5.41) is 1.98. The van der Waals surface area contributed by atoms with Crippen molar-refractivity contribution in [3.63, 3.8) is 0 Å². The highest BCUT2D eigenvalue weighted by atomic mass is 32.1. The lowest BCUT2D eigenvalue weighted by atomic mass is 10.2. The molecule has 3 rings (SSSR count). The fourth-order valence-corrected chi connectivity index (χ4v) is 3.38. The summed E-state index contributed by atoms with van der Waals surface area (Å²) in [5.74, 6) is 1.31. The normalized spacial score (nSPS) is 10.8. The van der Waals surface area contributed by atoms with E-state index < -0.39 is 0 Å². The predicted molar refractivity (Wildman–Crippen MR) is 104 cm³/mol. The fraction of sp³-hybridized carbons (Fsp3) is 0.300. The second-order valence-corrected chi connectivity index (χ2v) is 7.07. The van der Waals surface area contributed by atoms with Crippen LogP contribution in [0.3, 0.4) is 0 Å². The van der Waals surface area contributed by atoms with Crippen molar-refractivity contribution in [3.8, 4) is 10.8 Å². The molecule has 1 amide bonds. The van der Waals surface area contributed by atoms with Gasteiger partial charge in [0.1, 0.15) is 5.76 Å². The summed E-state index contributed by atoms with van der Waals surface area (Å²) in [6.45, 7) is 3.63. The average Bonchev–Trinajstić information content (AvgIpc) is 3.30. The zero-order valence-electron chi connectivity index (χ0n) is 14.9. The van der Waals surface area contributed by atoms with Gasteiger partial charge in [0.15, 0.2) is 0 Å². The fourth-order valence-electron chi connectivity index (χ4n) is 2.73. The van der Waals surface area contributed by atoms with Crippen LogP contribution in [0.5, 0.6) is 0 Å². The number of aryl methyl sites for hydroxylation is 1. The topological polar surface area (TPSA) is 72.4 Å². The molecule has 0 bridgehead atoms. The van der Waals surface area contributed by atoms with Crippen LogP contribution in [0.1, 0.15) is 23.4 Å². The van der Waals surface area contributed by atoms with E-state index in [1.807, 2.05) is 59.7 Å². The minimum atomic E-state index is 0.0384. The maximum Gasteiger partial charge on any atom is 0.236 e. The first kappa shape index (κ1) is 18.4. The predicted octanol–water partition coefficient (Wildman–Crippen LogP) is 3.63. The van der Waals surface area contributed by atoms with E-state index in [-0.39, 0.29) is 12.3 Å². The summed E-state index contributed by atoms with van der Waals surface area (Å²) in [7, 11) is 0. The number of oxazole rings is 1. The molecule has 6 heteroatoms. The summed E-state index contributed by atoms with van der Waals surface area (Å²) in [6, 6.07) is 13.9. The summed E-state index contributed by atoms with van der Waals surface area (Å²) in [6.07, 6.45) is 1.01. The van der Waals surface area contributed by atoms with E-state index in [2.05, 4.69) is 4.98 Å². The minimum Gasteiger partial charge on any atom is -0.440 e. The molecule has 2 aromatic heterocycles. The molecule has 0 aliphatic carbocycles. The molecule has 0 radical (unpaired) electrons. The highest BCUT2D eigenvalue weighted by Crippen LogP contribution is 2.26. The Bertz CT molecular complexity index is 828. The summed E-state index contributed by atoms with van der Waals surface area (Å²) >= 11 is 1.57. The van der Waals surface area contributed by atoms with E-state index in [4.69, 9.17) is 10.2 Å². The molecule has 2 N–H and O–H groups in total. The SMILES string of the molecule is Cc1oc(-c2cccs2)nc1CC(=O)N(CCCN)Cc1ccccc1. The number of carbonyl (C=O) groups excluding carboxylic acids is 1. The van der Waals surface area contributed by atoms with Gasteiger partial charge in [-0.2, -0.15) is 0 Å². The maximum absolute atomic E-state index is 12.9. The molecule has 2 heterocycles. The molecule has 0 saturated carbocycles. The number of nitrogens with zero attached hydrogens (tertiary/aromatic N) is 2. The van der Waals surface area contributed by atoms with E-state index in [1.54, 1.807) is 11.3 Å². The van der Waals surface area contributed by atoms with Crippen LogP contribution >= 0.6 is 11.3 Å². The highest BCUT2D eigenvalue weighted by molar-refractivity contribution is 7.13. The van der Waals surface area contributed by atoms with Crippen LogP contribution < -0.4 is 5.73 Å². The van der Waals surface area contributed by atoms with Gasteiger partial charge < -0.3 is 15.1 Å². The van der Waals surface area contributed by atoms with Crippen molar-refractivity contribution >= 4 is 17.2 Å². The first-order chi connectivity index (χ1) is 12.7. The van der Waals surface area contributed by atoms with Crippen molar-refractivity contribution in [1.29, 1.82) is 0 Å². The van der Waals surface area contributed by atoms with Crippen molar-refractivity contribution in [3.05, 3.63) is 64.9 Å². The summed E-state index contributed by atoms with van der Waals surface area (Å²) in [5.41, 5.74) is 7.44. The van der Waals surface area contributed by atoms with Gasteiger partial charge >= 0.3 is 0 Å². The molecule has 0 saturated heterocycles. The van der Waals surface area contributed by atoms with Gasteiger partial charge in [0.25, 0.3) is 0 Å². The molecule has 0 fully saturated rings. The van der Waals surface area contributed by atoms with E-state index >= 15 is 0 Å². The molecular weight excluding hydrogens is 346 g/mol. The molecular formula is C20H23N3O2S. The first-order valence-corrected chi connectivity index (χ1v) is 9.57. The van der Waals surface area contributed by atoms with Crippen molar-refractivity contribution in [2.24, 2.45) is 5.73 Å². The Kier molecular flexibility index (Phi) is 6.20. The Morgan fingerprint density at radius 3 is 2.73 bits per heavy atom. The van der Waals surface area contributed by atoms with Gasteiger partial charge in [-0.3, -0.25) is 4.79 Å². The summed E-state index contributed by atoms with van der Waals surface area (Å²) in [4.78, 5) is 20.2. The third-order valence-electron chi connectivity index (χ3n) is 4.14. The largest absolute Gasteiger partial charge is 0.440 e. The summed E-state index contributed by atoms with van der Waals surface area (Å²) < 4.78 is 5.75. The van der Waals surface area contributed by atoms with Crippen molar-refractivity contribution in [2.75, 3.05) is 13.1 Å². The van der Waals surface area contributed by atoms with Gasteiger partial charge in [-0.05, 0) is 36.9 Å². The van der Waals surface area contributed by atoms with Gasteiger partial charge in [-0.1, -0.05) is 36.4 Å². The van der Waals surface area contributed by atoms with E-state index in [1.165, 1.54) is 0 Å². The molecule has 0 spiro atoms. The quantitative estimate of drug-likeness (QED) is 0.658. The third kappa shape index (κ3) is 4.59. The molecule has 136 valence electrons. The van der Waals surface area contributed by atoms with Crippen LogP contribution in [0, 0.1) is 6.92 Å². The van der Waals surface area contributed by atoms with Crippen molar-refractivity contribution in [1.82, 2.24) is 9.88 Å². The first-order valence-electron chi connectivity index (χ1n) is 8.69. The smallest absolute Gasteiger partial charge is 0.236 e. The number of hydrogen-bond acceptors (Lipinski definition) is 5. The zero-order chi connectivity index (χ0) is 18.4. The van der Waals surface area contributed by atoms with E-state index in [9.17, 15) is 4.79 Å². The van der Waals surface area contributed by atoms with Crippen LogP contribution in [-0.4, -0.2) is 28.9 Å². The number of hydrogen-bond donors (Lipinski definition) is 1. The Morgan fingerprint density at radius 2 is 2.04 bits per heavy atom. The molecule has 0 aliphatic heterocycles. The van der Waals surface area contributed by atoms with Crippen LogP contribution in [-0.2, 0) is 17.8 Å². The number of nitrogens with two attached hydrogens (primary N) is 1. The van der Waals surface area contributed by atoms with Gasteiger partial charge in [0.05, 0.1) is 17.0 Å². The van der Waals surface area contributed by atoms with Gasteiger partial charge in [-0.15, -0.1) is 11.3 Å². The number of amides is 1. The third-order valence-corrected chi connectivity index (χ3v) is 5.00. The van der Waals surface area contributed by atoms with Crippen molar-refractivity contribution in [2.45, 2.75) is 26.3 Å². The minimum absolute atomic E-state index is 0.0384. The molecule has 5 nitrogen and oxygen atoms in total. The number of rotatable bonds is 8. The molecule has 26 heavy (non-hydrogen) atoms. The molecule has 0 atom stereocenters. The van der Waals surface area contributed by atoms with Crippen LogP contribution in [0.25, 0.3) is 10.8 Å². The number of thiophene rings is 1. The Hall–Kier alpha value is -2.44. The van der Waals surface area contributed by atoms with Crippen LogP contribution in [0.4, 0.5) is 0 Å². The monoisotopic (exact) mass is 369 g/mol. The van der Waals surface area contributed by atoms with Gasteiger partial charge in [-0.25, -0.2) is 4.98 Å². The van der Waals surface area contributed by atoms with Gasteiger partial charge in [0, 0.05) is 13.1 Å². The Balaban J connectivity index is 1.72. The average molecular weight is 369 g/mol. The molecule has 1 aromatic carbocycles. The number of carbonyl (C=O) groups is 1. The number of benzene rings is 1. The lowest BCUT2D eigenvalue weighted by molar-refractivity contribution is -0.131. The standard InChI is InChI=1S/C20H23N3O2S/c1-15-17(22-20(25-15)18-9-5-12-26-18)13-19(24)23(11-6-10-21)14-16-7-3-2-4-8-16/h2-5,7-9,12H,6,10-11,13-14,21H2,1H3. The zero-order valence-corrected chi connectivity index (χ0v) is 15.7. The van der Waals surface area contributed by atoms with Crippen LogP contribution in [0.15, 0.2) is 52.3 Å². The Labute approximate surface area is 157 Å². The lowest BCUT2D eigenvalue weighted by Crippen LogP contribution is -2.33. The van der Waals surface area contributed by atoms with Gasteiger partial charge in [0.2, 0.25) is 11.8 Å². The molecule has 3 aromatic rings. The van der Waals surface area contributed by atoms with E-state index in [0.717, 1.165) is 16.9 Å². The lowest BCUT2D eigenvalue weighted by Gasteiger charge is -2.22. The molecule has 0 aliphatic rings. The van der Waals surface area contributed by atoms with Crippen molar-refractivity contribution < 1.29 is 9.21 Å². The second kappa shape index (κ2) is 8.78. The van der Waals surface area contributed by atoms with E-state index in [0.29, 0.717) is 37.0 Å². The highest BCUT2D eigenvalue weighted by Gasteiger charge is 2.19.